The number of nitro benzene ring substituents is 1. The molecule has 1 aromatic heterocycles. The average Bonchev–Trinajstić information content (AvgIpc) is 3.11. The summed E-state index contributed by atoms with van der Waals surface area (Å²) in [6, 6.07) is 5.20. The second-order valence-electron chi connectivity index (χ2n) is 6.61. The molecular weight excluding hydrogens is 334 g/mol. The van der Waals surface area contributed by atoms with E-state index in [0.29, 0.717) is 24.3 Å². The lowest BCUT2D eigenvalue weighted by atomic mass is 10.1. The van der Waals surface area contributed by atoms with E-state index in [1.165, 1.54) is 12.4 Å². The molecule has 0 spiro atoms. The third kappa shape index (κ3) is 4.66. The Morgan fingerprint density at radius 3 is 2.54 bits per heavy atom. The summed E-state index contributed by atoms with van der Waals surface area (Å²) in [5, 5.41) is 14.2. The topological polar surface area (TPSA) is 93.3 Å². The lowest BCUT2D eigenvalue weighted by molar-refractivity contribution is -0.384. The van der Waals surface area contributed by atoms with Crippen LogP contribution in [0.25, 0.3) is 5.69 Å². The molecule has 0 atom stereocenters. The average molecular weight is 359 g/mol. The minimum Gasteiger partial charge on any atom is -0.351 e. The number of benzene rings is 1. The van der Waals surface area contributed by atoms with E-state index in [9.17, 15) is 14.9 Å². The van der Waals surface area contributed by atoms with Gasteiger partial charge in [-0.25, -0.2) is 4.98 Å². The van der Waals surface area contributed by atoms with Gasteiger partial charge in [0.05, 0.1) is 11.3 Å². The molecule has 1 amide bonds. The van der Waals surface area contributed by atoms with E-state index < -0.39 is 4.92 Å². The first-order chi connectivity index (χ1) is 12.3. The summed E-state index contributed by atoms with van der Waals surface area (Å²) in [6.07, 6.45) is 4.64. The van der Waals surface area contributed by atoms with E-state index in [1.54, 1.807) is 29.1 Å². The van der Waals surface area contributed by atoms with Crippen LogP contribution in [-0.2, 0) is 0 Å². The maximum atomic E-state index is 12.4. The standard InChI is InChI=1S/C18H25N5O3/c1-13(2)22(14(3)4)10-8-20-18(24)15-5-6-16(17(11-15)23(25)26)21-9-7-19-12-21/h5-7,9,11-14H,8,10H2,1-4H3,(H,20,24). The predicted octanol–water partition coefficient (Wildman–Crippen LogP) is 2.63. The van der Waals surface area contributed by atoms with E-state index in [4.69, 9.17) is 0 Å². The summed E-state index contributed by atoms with van der Waals surface area (Å²) < 4.78 is 1.54. The van der Waals surface area contributed by atoms with Crippen molar-refractivity contribution in [3.05, 3.63) is 52.6 Å². The first-order valence-corrected chi connectivity index (χ1v) is 8.62. The van der Waals surface area contributed by atoms with Gasteiger partial charge >= 0.3 is 0 Å². The van der Waals surface area contributed by atoms with Crippen LogP contribution in [0.4, 0.5) is 5.69 Å². The molecule has 1 heterocycles. The highest BCUT2D eigenvalue weighted by molar-refractivity contribution is 5.95. The normalized spacial score (nSPS) is 11.3. The molecule has 0 radical (unpaired) electrons. The molecule has 2 aromatic rings. The highest BCUT2D eigenvalue weighted by atomic mass is 16.6. The number of amides is 1. The summed E-state index contributed by atoms with van der Waals surface area (Å²) in [5.41, 5.74) is 0.498. The summed E-state index contributed by atoms with van der Waals surface area (Å²) in [4.78, 5) is 29.4. The maximum Gasteiger partial charge on any atom is 0.294 e. The Morgan fingerprint density at radius 1 is 1.31 bits per heavy atom. The molecule has 0 aliphatic rings. The minimum atomic E-state index is -0.495. The SMILES string of the molecule is CC(C)N(CCNC(=O)c1ccc(-n2ccnc2)c([N+](=O)[O-])c1)C(C)C. The van der Waals surface area contributed by atoms with Gasteiger partial charge in [0.15, 0.2) is 0 Å². The van der Waals surface area contributed by atoms with Crippen molar-refractivity contribution in [3.8, 4) is 5.69 Å². The molecule has 140 valence electrons. The van der Waals surface area contributed by atoms with Gasteiger partial charge in [0, 0.05) is 49.2 Å². The van der Waals surface area contributed by atoms with Gasteiger partial charge in [-0.15, -0.1) is 0 Å². The molecule has 0 aliphatic heterocycles. The van der Waals surface area contributed by atoms with Crippen LogP contribution in [0.3, 0.4) is 0 Å². The Kier molecular flexibility index (Phi) is 6.46. The summed E-state index contributed by atoms with van der Waals surface area (Å²) in [6.45, 7) is 9.64. The molecule has 0 saturated carbocycles. The monoisotopic (exact) mass is 359 g/mol. The zero-order valence-corrected chi connectivity index (χ0v) is 15.5. The van der Waals surface area contributed by atoms with Crippen LogP contribution in [0.5, 0.6) is 0 Å². The van der Waals surface area contributed by atoms with Gasteiger partial charge in [-0.3, -0.25) is 19.8 Å². The summed E-state index contributed by atoms with van der Waals surface area (Å²) in [5.74, 6) is -0.322. The molecular formula is C18H25N5O3. The zero-order valence-electron chi connectivity index (χ0n) is 15.5. The number of nitrogens with one attached hydrogen (secondary N) is 1. The van der Waals surface area contributed by atoms with Crippen molar-refractivity contribution in [3.63, 3.8) is 0 Å². The number of carbonyl (C=O) groups excluding carboxylic acids is 1. The number of hydrogen-bond acceptors (Lipinski definition) is 5. The van der Waals surface area contributed by atoms with E-state index in [-0.39, 0.29) is 17.2 Å². The highest BCUT2D eigenvalue weighted by Crippen LogP contribution is 2.24. The first kappa shape index (κ1) is 19.6. The van der Waals surface area contributed by atoms with Crippen LogP contribution in [0.2, 0.25) is 0 Å². The Bertz CT molecular complexity index is 748. The minimum absolute atomic E-state index is 0.137. The molecule has 8 heteroatoms. The van der Waals surface area contributed by atoms with Crippen molar-refractivity contribution < 1.29 is 9.72 Å². The van der Waals surface area contributed by atoms with Crippen molar-refractivity contribution in [2.75, 3.05) is 13.1 Å². The molecule has 0 fully saturated rings. The van der Waals surface area contributed by atoms with Gasteiger partial charge in [0.25, 0.3) is 11.6 Å². The second-order valence-corrected chi connectivity index (χ2v) is 6.61. The molecule has 0 unspecified atom stereocenters. The molecule has 1 aromatic carbocycles. The molecule has 2 rings (SSSR count). The van der Waals surface area contributed by atoms with E-state index in [0.717, 1.165) is 6.54 Å². The Morgan fingerprint density at radius 2 is 2.00 bits per heavy atom. The number of hydrogen-bond donors (Lipinski definition) is 1. The molecule has 1 N–H and O–H groups in total. The largest absolute Gasteiger partial charge is 0.351 e. The number of imidazole rings is 1. The Labute approximate surface area is 153 Å². The van der Waals surface area contributed by atoms with Crippen LogP contribution >= 0.6 is 0 Å². The van der Waals surface area contributed by atoms with E-state index >= 15 is 0 Å². The molecule has 26 heavy (non-hydrogen) atoms. The van der Waals surface area contributed by atoms with Crippen LogP contribution < -0.4 is 5.32 Å². The summed E-state index contributed by atoms with van der Waals surface area (Å²) >= 11 is 0. The van der Waals surface area contributed by atoms with Gasteiger partial charge in [-0.1, -0.05) is 0 Å². The van der Waals surface area contributed by atoms with Gasteiger partial charge in [-0.05, 0) is 39.8 Å². The van der Waals surface area contributed by atoms with Crippen molar-refractivity contribution in [1.29, 1.82) is 0 Å². The molecule has 0 bridgehead atoms. The zero-order chi connectivity index (χ0) is 19.3. The second kappa shape index (κ2) is 8.57. The van der Waals surface area contributed by atoms with Crippen molar-refractivity contribution in [1.82, 2.24) is 19.8 Å². The predicted molar refractivity (Wildman–Crippen MR) is 99.5 cm³/mol. The van der Waals surface area contributed by atoms with Crippen molar-refractivity contribution >= 4 is 11.6 Å². The third-order valence-electron chi connectivity index (χ3n) is 4.20. The van der Waals surface area contributed by atoms with E-state index in [2.05, 4.69) is 42.9 Å². The van der Waals surface area contributed by atoms with Gasteiger partial charge < -0.3 is 9.88 Å². The maximum absolute atomic E-state index is 12.4. The first-order valence-electron chi connectivity index (χ1n) is 8.62. The molecule has 8 nitrogen and oxygen atoms in total. The van der Waals surface area contributed by atoms with Crippen molar-refractivity contribution in [2.45, 2.75) is 39.8 Å². The third-order valence-corrected chi connectivity index (χ3v) is 4.20. The fourth-order valence-corrected chi connectivity index (χ4v) is 2.94. The lowest BCUT2D eigenvalue weighted by Gasteiger charge is -2.30. The van der Waals surface area contributed by atoms with E-state index in [1.807, 2.05) is 0 Å². The van der Waals surface area contributed by atoms with Crippen LogP contribution in [0, 0.1) is 10.1 Å². The number of rotatable bonds is 8. The fourth-order valence-electron chi connectivity index (χ4n) is 2.94. The number of carbonyl (C=O) groups is 1. The summed E-state index contributed by atoms with van der Waals surface area (Å²) in [7, 11) is 0. The number of nitrogens with zero attached hydrogens (tertiary/aromatic N) is 4. The van der Waals surface area contributed by atoms with Gasteiger partial charge in [-0.2, -0.15) is 0 Å². The van der Waals surface area contributed by atoms with Gasteiger partial charge in [0.1, 0.15) is 5.69 Å². The quantitative estimate of drug-likeness (QED) is 0.578. The fraction of sp³-hybridized carbons (Fsp3) is 0.444. The van der Waals surface area contributed by atoms with Gasteiger partial charge in [0.2, 0.25) is 0 Å². The molecule has 0 saturated heterocycles. The Hall–Kier alpha value is -2.74. The lowest BCUT2D eigenvalue weighted by Crippen LogP contribution is -2.42. The van der Waals surface area contributed by atoms with Crippen LogP contribution in [0.15, 0.2) is 36.9 Å². The smallest absolute Gasteiger partial charge is 0.294 e. The molecule has 0 aliphatic carbocycles. The Balaban J connectivity index is 2.10. The van der Waals surface area contributed by atoms with Crippen molar-refractivity contribution in [2.24, 2.45) is 0 Å². The van der Waals surface area contributed by atoms with Crippen LogP contribution in [0.1, 0.15) is 38.1 Å². The van der Waals surface area contributed by atoms with Crippen LogP contribution in [-0.4, -0.2) is 50.5 Å². The number of nitro groups is 1. The highest BCUT2D eigenvalue weighted by Gasteiger charge is 2.19. The number of aromatic nitrogens is 2.